The van der Waals surface area contributed by atoms with E-state index in [0.29, 0.717) is 17.1 Å². The summed E-state index contributed by atoms with van der Waals surface area (Å²) in [6.45, 7) is 6.28. The first-order chi connectivity index (χ1) is 17.1. The molecule has 0 fully saturated rings. The molecule has 4 aromatic heterocycles. The maximum Gasteiger partial charge on any atom is 0.258 e. The van der Waals surface area contributed by atoms with Gasteiger partial charge in [0.15, 0.2) is 11.0 Å². The standard InChI is InChI=1S/C27H26N6OS/c1-4-19-10-6-11-20(5-2)24(19)33-26(21-12-7-13-28-16-21)30-31-27(33)35-17-22-15-23(34)32-14-8-9-18(3)25(32)29-22/h6-16H,4-5,17H2,1-3H3. The molecule has 35 heavy (non-hydrogen) atoms. The quantitative estimate of drug-likeness (QED) is 0.302. The number of fused-ring (bicyclic) bond motifs is 1. The first kappa shape index (κ1) is 23.0. The molecular weight excluding hydrogens is 456 g/mol. The summed E-state index contributed by atoms with van der Waals surface area (Å²) < 4.78 is 3.72. The Morgan fingerprint density at radius 1 is 0.971 bits per heavy atom. The lowest BCUT2D eigenvalue weighted by Crippen LogP contribution is -2.15. The second-order valence-electron chi connectivity index (χ2n) is 8.27. The van der Waals surface area contributed by atoms with Crippen molar-refractivity contribution in [1.82, 2.24) is 29.1 Å². The van der Waals surface area contributed by atoms with Crippen molar-refractivity contribution in [3.8, 4) is 17.1 Å². The van der Waals surface area contributed by atoms with Crippen LogP contribution in [0, 0.1) is 6.92 Å². The lowest BCUT2D eigenvalue weighted by molar-refractivity contribution is 0.856. The zero-order valence-electron chi connectivity index (χ0n) is 20.0. The Hall–Kier alpha value is -3.78. The summed E-state index contributed by atoms with van der Waals surface area (Å²) in [7, 11) is 0. The summed E-state index contributed by atoms with van der Waals surface area (Å²) in [5, 5.41) is 9.90. The predicted octanol–water partition coefficient (Wildman–Crippen LogP) is 5.06. The van der Waals surface area contributed by atoms with Gasteiger partial charge in [-0.15, -0.1) is 10.2 Å². The van der Waals surface area contributed by atoms with Crippen LogP contribution >= 0.6 is 11.8 Å². The van der Waals surface area contributed by atoms with E-state index in [1.807, 2.05) is 37.4 Å². The zero-order chi connectivity index (χ0) is 24.4. The fourth-order valence-corrected chi connectivity index (χ4v) is 5.10. The van der Waals surface area contributed by atoms with E-state index in [0.717, 1.165) is 40.6 Å². The number of benzene rings is 1. The van der Waals surface area contributed by atoms with Gasteiger partial charge in [0.05, 0.1) is 11.4 Å². The molecule has 4 heterocycles. The number of thioether (sulfide) groups is 1. The van der Waals surface area contributed by atoms with Crippen molar-refractivity contribution in [3.05, 3.63) is 99.9 Å². The molecule has 0 spiro atoms. The predicted molar refractivity (Wildman–Crippen MR) is 139 cm³/mol. The van der Waals surface area contributed by atoms with Crippen molar-refractivity contribution in [3.63, 3.8) is 0 Å². The van der Waals surface area contributed by atoms with Crippen LogP contribution in [-0.2, 0) is 18.6 Å². The van der Waals surface area contributed by atoms with E-state index in [9.17, 15) is 4.79 Å². The molecule has 0 saturated heterocycles. The number of nitrogens with zero attached hydrogens (tertiary/aromatic N) is 6. The van der Waals surface area contributed by atoms with Gasteiger partial charge in [-0.3, -0.25) is 18.7 Å². The average Bonchev–Trinajstić information content (AvgIpc) is 3.31. The first-order valence-corrected chi connectivity index (χ1v) is 12.7. The summed E-state index contributed by atoms with van der Waals surface area (Å²) in [4.78, 5) is 21.7. The highest BCUT2D eigenvalue weighted by Gasteiger charge is 2.21. The Morgan fingerprint density at radius 3 is 2.49 bits per heavy atom. The third-order valence-electron chi connectivity index (χ3n) is 6.03. The second kappa shape index (κ2) is 9.84. The van der Waals surface area contributed by atoms with E-state index < -0.39 is 0 Å². The van der Waals surface area contributed by atoms with Gasteiger partial charge < -0.3 is 0 Å². The Morgan fingerprint density at radius 2 is 1.77 bits per heavy atom. The van der Waals surface area contributed by atoms with Gasteiger partial charge >= 0.3 is 0 Å². The van der Waals surface area contributed by atoms with Crippen molar-refractivity contribution >= 4 is 17.4 Å². The lowest BCUT2D eigenvalue weighted by Gasteiger charge is -2.18. The van der Waals surface area contributed by atoms with Crippen molar-refractivity contribution < 1.29 is 0 Å². The van der Waals surface area contributed by atoms with Crippen LogP contribution in [0.15, 0.2) is 77.1 Å². The second-order valence-corrected chi connectivity index (χ2v) is 9.22. The van der Waals surface area contributed by atoms with Crippen molar-refractivity contribution in [1.29, 1.82) is 0 Å². The summed E-state index contributed by atoms with van der Waals surface area (Å²) in [6.07, 6.45) is 7.09. The van der Waals surface area contributed by atoms with Crippen LogP contribution in [0.2, 0.25) is 0 Å². The van der Waals surface area contributed by atoms with Crippen LogP contribution in [0.4, 0.5) is 0 Å². The average molecular weight is 483 g/mol. The Labute approximate surface area is 207 Å². The van der Waals surface area contributed by atoms with Gasteiger partial charge in [0.2, 0.25) is 0 Å². The molecule has 0 atom stereocenters. The first-order valence-electron chi connectivity index (χ1n) is 11.7. The number of hydrogen-bond acceptors (Lipinski definition) is 6. The number of hydrogen-bond donors (Lipinski definition) is 0. The lowest BCUT2D eigenvalue weighted by atomic mass is 10.0. The van der Waals surface area contributed by atoms with E-state index in [1.165, 1.54) is 22.9 Å². The van der Waals surface area contributed by atoms with Crippen molar-refractivity contribution in [2.45, 2.75) is 44.5 Å². The maximum atomic E-state index is 12.7. The van der Waals surface area contributed by atoms with Crippen LogP contribution < -0.4 is 5.56 Å². The van der Waals surface area contributed by atoms with Gasteiger partial charge in [-0.25, -0.2) is 4.98 Å². The summed E-state index contributed by atoms with van der Waals surface area (Å²) >= 11 is 1.53. The molecule has 0 aliphatic heterocycles. The molecule has 0 amide bonds. The van der Waals surface area contributed by atoms with Gasteiger partial charge in [0.1, 0.15) is 5.65 Å². The van der Waals surface area contributed by atoms with Gasteiger partial charge in [-0.2, -0.15) is 0 Å². The third-order valence-corrected chi connectivity index (χ3v) is 6.99. The number of aromatic nitrogens is 6. The summed E-state index contributed by atoms with van der Waals surface area (Å²) in [6, 6.07) is 15.7. The third kappa shape index (κ3) is 4.37. The van der Waals surface area contributed by atoms with Gasteiger partial charge in [-0.1, -0.05) is 49.9 Å². The molecule has 0 bridgehead atoms. The number of aryl methyl sites for hydroxylation is 3. The van der Waals surface area contributed by atoms with Crippen LogP contribution in [0.1, 0.15) is 36.2 Å². The minimum absolute atomic E-state index is 0.0867. The van der Waals surface area contributed by atoms with Crippen LogP contribution in [0.25, 0.3) is 22.7 Å². The normalized spacial score (nSPS) is 11.3. The SMILES string of the molecule is CCc1cccc(CC)c1-n1c(SCc2cc(=O)n3cccc(C)c3n2)nnc1-c1cccnc1. The van der Waals surface area contributed by atoms with E-state index >= 15 is 0 Å². The number of para-hydroxylation sites is 1. The molecule has 0 saturated carbocycles. The highest BCUT2D eigenvalue weighted by atomic mass is 32.2. The topological polar surface area (TPSA) is 78.0 Å². The van der Waals surface area contributed by atoms with Crippen LogP contribution in [0.5, 0.6) is 0 Å². The minimum Gasteiger partial charge on any atom is -0.269 e. The Kier molecular flexibility index (Phi) is 6.46. The summed E-state index contributed by atoms with van der Waals surface area (Å²) in [5.41, 5.74) is 6.75. The maximum absolute atomic E-state index is 12.7. The Bertz CT molecular complexity index is 1540. The fraction of sp³-hybridized carbons (Fsp3) is 0.222. The number of rotatable bonds is 7. The molecule has 8 heteroatoms. The Balaban J connectivity index is 1.61. The van der Waals surface area contributed by atoms with E-state index in [-0.39, 0.29) is 5.56 Å². The van der Waals surface area contributed by atoms with Crippen LogP contribution in [-0.4, -0.2) is 29.1 Å². The number of pyridine rings is 2. The molecule has 7 nitrogen and oxygen atoms in total. The van der Waals surface area contributed by atoms with Crippen molar-refractivity contribution in [2.75, 3.05) is 0 Å². The molecule has 1 aromatic carbocycles. The molecular formula is C27H26N6OS. The fourth-order valence-electron chi connectivity index (χ4n) is 4.27. The molecule has 5 rings (SSSR count). The minimum atomic E-state index is -0.0867. The highest BCUT2D eigenvalue weighted by molar-refractivity contribution is 7.98. The molecule has 5 aromatic rings. The zero-order valence-corrected chi connectivity index (χ0v) is 20.8. The monoisotopic (exact) mass is 482 g/mol. The van der Waals surface area contributed by atoms with Gasteiger partial charge in [0.25, 0.3) is 5.56 Å². The van der Waals surface area contributed by atoms with Gasteiger partial charge in [-0.05, 0) is 54.7 Å². The van der Waals surface area contributed by atoms with E-state index in [1.54, 1.807) is 22.9 Å². The molecule has 0 aliphatic rings. The van der Waals surface area contributed by atoms with E-state index in [4.69, 9.17) is 4.98 Å². The van der Waals surface area contributed by atoms with E-state index in [2.05, 4.69) is 51.8 Å². The highest BCUT2D eigenvalue weighted by Crippen LogP contribution is 2.33. The largest absolute Gasteiger partial charge is 0.269 e. The molecule has 0 unspecified atom stereocenters. The molecule has 0 N–H and O–H groups in total. The molecule has 0 aliphatic carbocycles. The molecule has 176 valence electrons. The van der Waals surface area contributed by atoms with Crippen LogP contribution in [0.3, 0.4) is 0 Å². The smallest absolute Gasteiger partial charge is 0.258 e. The summed E-state index contributed by atoms with van der Waals surface area (Å²) in [5.74, 6) is 1.25. The van der Waals surface area contributed by atoms with Crippen molar-refractivity contribution in [2.24, 2.45) is 0 Å². The van der Waals surface area contributed by atoms with Gasteiger partial charge in [0, 0.05) is 36.0 Å². The molecule has 0 radical (unpaired) electrons.